The molecule has 1 heterocycles. The van der Waals surface area contributed by atoms with E-state index in [0.717, 1.165) is 25.2 Å². The van der Waals surface area contributed by atoms with Crippen LogP contribution in [0.25, 0.3) is 0 Å². The molecule has 1 unspecified atom stereocenters. The number of aryl methyl sites for hydroxylation is 1. The molecule has 2 N–H and O–H groups in total. The van der Waals surface area contributed by atoms with Gasteiger partial charge in [0.15, 0.2) is 0 Å². The lowest BCUT2D eigenvalue weighted by Crippen LogP contribution is -2.19. The molecule has 1 aromatic heterocycles. The Morgan fingerprint density at radius 1 is 1.53 bits per heavy atom. The van der Waals surface area contributed by atoms with Gasteiger partial charge in [0, 0.05) is 13.7 Å². The van der Waals surface area contributed by atoms with Gasteiger partial charge in [-0.25, -0.2) is 4.68 Å². The Kier molecular flexibility index (Phi) is 5.91. The molecule has 0 saturated heterocycles. The van der Waals surface area contributed by atoms with Crippen LogP contribution in [0, 0.1) is 0 Å². The lowest BCUT2D eigenvalue weighted by atomic mass is 10.1. The van der Waals surface area contributed by atoms with Crippen molar-refractivity contribution in [1.82, 2.24) is 19.9 Å². The first-order valence-electron chi connectivity index (χ1n) is 6.33. The van der Waals surface area contributed by atoms with E-state index in [1.807, 2.05) is 21.0 Å². The van der Waals surface area contributed by atoms with E-state index in [1.165, 1.54) is 0 Å². The van der Waals surface area contributed by atoms with Crippen molar-refractivity contribution in [3.8, 4) is 0 Å². The number of primary amides is 1. The van der Waals surface area contributed by atoms with E-state index in [-0.39, 0.29) is 12.5 Å². The minimum absolute atomic E-state index is 0.0940. The summed E-state index contributed by atoms with van der Waals surface area (Å²) in [6.45, 7) is 3.62. The second-order valence-corrected chi connectivity index (χ2v) is 4.82. The molecule has 1 atom stereocenters. The highest BCUT2D eigenvalue weighted by Gasteiger charge is 2.20. The Morgan fingerprint density at radius 3 is 2.74 bits per heavy atom. The van der Waals surface area contributed by atoms with Crippen molar-refractivity contribution in [3.05, 3.63) is 11.4 Å². The van der Waals surface area contributed by atoms with Crippen LogP contribution < -0.4 is 5.73 Å². The first-order chi connectivity index (χ1) is 8.95. The van der Waals surface area contributed by atoms with E-state index < -0.39 is 5.91 Å². The largest absolute Gasteiger partial charge is 0.375 e. The van der Waals surface area contributed by atoms with E-state index in [2.05, 4.69) is 15.2 Å². The number of carbonyl (C=O) groups is 1. The zero-order valence-electron chi connectivity index (χ0n) is 12.1. The van der Waals surface area contributed by atoms with Crippen LogP contribution in [0.5, 0.6) is 0 Å². The second-order valence-electron chi connectivity index (χ2n) is 4.82. The summed E-state index contributed by atoms with van der Waals surface area (Å²) in [5.41, 5.74) is 6.66. The number of rotatable bonds is 8. The van der Waals surface area contributed by atoms with Crippen molar-refractivity contribution in [3.63, 3.8) is 0 Å². The third-order valence-electron chi connectivity index (χ3n) is 2.90. The summed E-state index contributed by atoms with van der Waals surface area (Å²) < 4.78 is 7.12. The summed E-state index contributed by atoms with van der Waals surface area (Å²) in [5.74, 6) is -0.412. The molecule has 1 rings (SSSR count). The van der Waals surface area contributed by atoms with Gasteiger partial charge in [0.05, 0.1) is 23.9 Å². The van der Waals surface area contributed by atoms with Crippen LogP contribution in [0.2, 0.25) is 0 Å². The molecule has 19 heavy (non-hydrogen) atoms. The van der Waals surface area contributed by atoms with Crippen molar-refractivity contribution in [2.45, 2.75) is 32.4 Å². The summed E-state index contributed by atoms with van der Waals surface area (Å²) in [6, 6.07) is 0. The predicted molar refractivity (Wildman–Crippen MR) is 71.5 cm³/mol. The summed E-state index contributed by atoms with van der Waals surface area (Å²) in [5, 5.41) is 8.14. The molecule has 1 aromatic rings. The fraction of sp³-hybridized carbons (Fsp3) is 0.750. The molecular weight excluding hydrogens is 246 g/mol. The Hall–Kier alpha value is -1.47. The van der Waals surface area contributed by atoms with Gasteiger partial charge in [-0.1, -0.05) is 5.21 Å². The van der Waals surface area contributed by atoms with Crippen molar-refractivity contribution < 1.29 is 9.53 Å². The second kappa shape index (κ2) is 7.20. The van der Waals surface area contributed by atoms with Crippen LogP contribution in [-0.4, -0.2) is 53.6 Å². The van der Waals surface area contributed by atoms with Crippen LogP contribution in [0.15, 0.2) is 0 Å². The third kappa shape index (κ3) is 4.60. The van der Waals surface area contributed by atoms with Crippen LogP contribution >= 0.6 is 0 Å². The SMILES string of the molecule is COC(C)c1c(CC(N)=O)nnn1CCCN(C)C. The van der Waals surface area contributed by atoms with Gasteiger partial charge in [0.25, 0.3) is 0 Å². The van der Waals surface area contributed by atoms with Gasteiger partial charge in [-0.3, -0.25) is 4.79 Å². The smallest absolute Gasteiger partial charge is 0.223 e. The minimum Gasteiger partial charge on any atom is -0.375 e. The van der Waals surface area contributed by atoms with Crippen LogP contribution in [0.1, 0.15) is 30.8 Å². The molecule has 0 bridgehead atoms. The van der Waals surface area contributed by atoms with Gasteiger partial charge in [-0.15, -0.1) is 5.10 Å². The molecule has 0 aliphatic heterocycles. The Bertz CT molecular complexity index is 416. The molecule has 1 amide bonds. The number of hydrogen-bond acceptors (Lipinski definition) is 5. The highest BCUT2D eigenvalue weighted by atomic mass is 16.5. The highest BCUT2D eigenvalue weighted by Crippen LogP contribution is 2.19. The van der Waals surface area contributed by atoms with Crippen LogP contribution in [0.3, 0.4) is 0 Å². The van der Waals surface area contributed by atoms with Gasteiger partial charge in [-0.2, -0.15) is 0 Å². The van der Waals surface area contributed by atoms with Crippen LogP contribution in [-0.2, 0) is 22.5 Å². The van der Waals surface area contributed by atoms with Gasteiger partial charge in [-0.05, 0) is 34.0 Å². The molecular formula is C12H23N5O2. The third-order valence-corrected chi connectivity index (χ3v) is 2.90. The molecule has 0 aliphatic rings. The summed E-state index contributed by atoms with van der Waals surface area (Å²) in [6.07, 6.45) is 0.885. The average molecular weight is 269 g/mol. The standard InChI is InChI=1S/C12H23N5O2/c1-9(19-4)12-10(8-11(13)18)14-15-17(12)7-5-6-16(2)3/h9H,5-8H2,1-4H3,(H2,13,18). The van der Waals surface area contributed by atoms with Crippen LogP contribution in [0.4, 0.5) is 0 Å². The molecule has 0 aliphatic carbocycles. The number of carbonyl (C=O) groups excluding carboxylic acids is 1. The first-order valence-corrected chi connectivity index (χ1v) is 6.33. The quantitative estimate of drug-likeness (QED) is 0.716. The number of hydrogen-bond donors (Lipinski definition) is 1. The number of amides is 1. The predicted octanol–water partition coefficient (Wildman–Crippen LogP) is -0.0350. The Morgan fingerprint density at radius 2 is 2.21 bits per heavy atom. The number of ether oxygens (including phenoxy) is 1. The normalized spacial score (nSPS) is 12.9. The van der Waals surface area contributed by atoms with Crippen molar-refractivity contribution in [2.75, 3.05) is 27.7 Å². The molecule has 108 valence electrons. The monoisotopic (exact) mass is 269 g/mol. The molecule has 0 spiro atoms. The molecule has 0 radical (unpaired) electrons. The summed E-state index contributed by atoms with van der Waals surface area (Å²) in [7, 11) is 5.67. The highest BCUT2D eigenvalue weighted by molar-refractivity contribution is 5.76. The minimum atomic E-state index is -0.412. The maximum Gasteiger partial charge on any atom is 0.223 e. The van der Waals surface area contributed by atoms with E-state index in [0.29, 0.717) is 5.69 Å². The zero-order chi connectivity index (χ0) is 14.4. The maximum absolute atomic E-state index is 11.0. The number of methoxy groups -OCH3 is 1. The molecule has 7 nitrogen and oxygen atoms in total. The number of nitrogens with two attached hydrogens (primary N) is 1. The molecule has 7 heteroatoms. The maximum atomic E-state index is 11.0. The summed E-state index contributed by atoms with van der Waals surface area (Å²) in [4.78, 5) is 13.2. The van der Waals surface area contributed by atoms with Gasteiger partial charge < -0.3 is 15.4 Å². The Balaban J connectivity index is 2.84. The number of aromatic nitrogens is 3. The lowest BCUT2D eigenvalue weighted by Gasteiger charge is -2.14. The van der Waals surface area contributed by atoms with Gasteiger partial charge in [0.2, 0.25) is 5.91 Å². The zero-order valence-corrected chi connectivity index (χ0v) is 12.1. The lowest BCUT2D eigenvalue weighted by molar-refractivity contribution is -0.117. The molecule has 0 fully saturated rings. The van der Waals surface area contributed by atoms with Crippen molar-refractivity contribution >= 4 is 5.91 Å². The average Bonchev–Trinajstić information content (AvgIpc) is 2.70. The van der Waals surface area contributed by atoms with Gasteiger partial charge in [0.1, 0.15) is 0 Å². The number of nitrogens with zero attached hydrogens (tertiary/aromatic N) is 4. The van der Waals surface area contributed by atoms with E-state index in [4.69, 9.17) is 10.5 Å². The van der Waals surface area contributed by atoms with Crippen molar-refractivity contribution in [2.24, 2.45) is 5.73 Å². The fourth-order valence-corrected chi connectivity index (χ4v) is 1.91. The fourth-order valence-electron chi connectivity index (χ4n) is 1.91. The summed E-state index contributed by atoms with van der Waals surface area (Å²) >= 11 is 0. The first kappa shape index (κ1) is 15.6. The van der Waals surface area contributed by atoms with Gasteiger partial charge >= 0.3 is 0 Å². The van der Waals surface area contributed by atoms with E-state index in [9.17, 15) is 4.79 Å². The van der Waals surface area contributed by atoms with E-state index >= 15 is 0 Å². The van der Waals surface area contributed by atoms with Crippen molar-refractivity contribution in [1.29, 1.82) is 0 Å². The Labute approximate surface area is 113 Å². The molecule has 0 aromatic carbocycles. The van der Waals surface area contributed by atoms with E-state index in [1.54, 1.807) is 11.8 Å². The molecule has 0 saturated carbocycles. The topological polar surface area (TPSA) is 86.3 Å².